The molecule has 2 saturated carbocycles. The Hall–Kier alpha value is -2.36. The van der Waals surface area contributed by atoms with Crippen LogP contribution in [0.5, 0.6) is 5.75 Å². The molecule has 4 rings (SSSR count). The summed E-state index contributed by atoms with van der Waals surface area (Å²) in [7, 11) is 0. The van der Waals surface area contributed by atoms with Gasteiger partial charge in [-0.1, -0.05) is 18.2 Å². The van der Waals surface area contributed by atoms with Gasteiger partial charge in [0.25, 0.3) is 0 Å². The molecule has 3 nitrogen and oxygen atoms in total. The minimum atomic E-state index is -0.518. The molecule has 2 aliphatic carbocycles. The smallest absolute Gasteiger partial charge is 0.235 e. The van der Waals surface area contributed by atoms with Crippen LogP contribution in [-0.2, 0) is 10.2 Å². The fourth-order valence-corrected chi connectivity index (χ4v) is 3.64. The van der Waals surface area contributed by atoms with Gasteiger partial charge in [-0.3, -0.25) is 4.79 Å². The second kappa shape index (κ2) is 6.51. The van der Waals surface area contributed by atoms with E-state index in [2.05, 4.69) is 5.32 Å². The molecule has 2 aromatic rings. The van der Waals surface area contributed by atoms with Crippen LogP contribution in [0.15, 0.2) is 48.5 Å². The monoisotopic (exact) mass is 339 g/mol. The Bertz CT molecular complexity index is 762. The lowest BCUT2D eigenvalue weighted by Crippen LogP contribution is -2.27. The Morgan fingerprint density at radius 2 is 1.80 bits per heavy atom. The molecular formula is C21H22FNO2. The molecule has 130 valence electrons. The van der Waals surface area contributed by atoms with Crippen LogP contribution < -0.4 is 10.1 Å². The molecule has 4 heteroatoms. The third kappa shape index (κ3) is 3.39. The number of carbonyl (C=O) groups excluding carboxylic acids is 1. The topological polar surface area (TPSA) is 38.3 Å². The van der Waals surface area contributed by atoms with E-state index >= 15 is 0 Å². The number of ether oxygens (including phenoxy) is 1. The summed E-state index contributed by atoms with van der Waals surface area (Å²) in [5.41, 5.74) is 1.11. The van der Waals surface area contributed by atoms with Gasteiger partial charge in [0.15, 0.2) is 0 Å². The zero-order chi connectivity index (χ0) is 17.3. The Balaban J connectivity index is 1.46. The molecule has 2 aromatic carbocycles. The number of halogens is 1. The van der Waals surface area contributed by atoms with E-state index in [1.807, 2.05) is 24.3 Å². The van der Waals surface area contributed by atoms with Crippen molar-refractivity contribution in [1.29, 1.82) is 0 Å². The van der Waals surface area contributed by atoms with Crippen molar-refractivity contribution in [2.24, 2.45) is 0 Å². The van der Waals surface area contributed by atoms with Crippen molar-refractivity contribution >= 4 is 11.6 Å². The summed E-state index contributed by atoms with van der Waals surface area (Å²) in [6.45, 7) is 0. The van der Waals surface area contributed by atoms with Crippen LogP contribution in [0.25, 0.3) is 0 Å². The van der Waals surface area contributed by atoms with Crippen molar-refractivity contribution in [1.82, 2.24) is 0 Å². The highest BCUT2D eigenvalue weighted by atomic mass is 19.1. The molecule has 0 bridgehead atoms. The molecule has 0 radical (unpaired) electrons. The molecular weight excluding hydrogens is 317 g/mol. The molecule has 0 aliphatic heterocycles. The van der Waals surface area contributed by atoms with Gasteiger partial charge in [0.1, 0.15) is 11.6 Å². The standard InChI is InChI=1S/C21H22FNO2/c22-16-10-8-15(9-11-16)21(12-13-21)20(24)23-17-4-3-7-19(14-17)25-18-5-1-2-6-18/h3-4,7-11,14,18H,1-2,5-6,12-13H2,(H,23,24). The van der Waals surface area contributed by atoms with Crippen LogP contribution in [0.3, 0.4) is 0 Å². The van der Waals surface area contributed by atoms with Gasteiger partial charge in [-0.25, -0.2) is 4.39 Å². The Morgan fingerprint density at radius 3 is 2.48 bits per heavy atom. The number of amides is 1. The van der Waals surface area contributed by atoms with Crippen LogP contribution in [0, 0.1) is 5.82 Å². The molecule has 0 aromatic heterocycles. The van der Waals surface area contributed by atoms with E-state index in [1.54, 1.807) is 12.1 Å². The fourth-order valence-electron chi connectivity index (χ4n) is 3.64. The second-order valence-corrected chi connectivity index (χ2v) is 7.10. The molecule has 2 fully saturated rings. The predicted molar refractivity (Wildman–Crippen MR) is 95.3 cm³/mol. The number of carbonyl (C=O) groups is 1. The van der Waals surface area contributed by atoms with Gasteiger partial charge in [0.05, 0.1) is 11.5 Å². The number of nitrogens with one attached hydrogen (secondary N) is 1. The Kier molecular flexibility index (Phi) is 4.20. The average Bonchev–Trinajstić information content (AvgIpc) is 3.27. The minimum Gasteiger partial charge on any atom is -0.490 e. The van der Waals surface area contributed by atoms with E-state index in [0.29, 0.717) is 6.10 Å². The van der Waals surface area contributed by atoms with Gasteiger partial charge in [-0.15, -0.1) is 0 Å². The van der Waals surface area contributed by atoms with Crippen LogP contribution in [0.2, 0.25) is 0 Å². The molecule has 0 atom stereocenters. The highest BCUT2D eigenvalue weighted by Gasteiger charge is 2.51. The normalized spacial score (nSPS) is 18.8. The van der Waals surface area contributed by atoms with Crippen molar-refractivity contribution in [2.45, 2.75) is 50.0 Å². The summed E-state index contributed by atoms with van der Waals surface area (Å²) in [6, 6.07) is 13.8. The van der Waals surface area contributed by atoms with Gasteiger partial charge in [0, 0.05) is 11.8 Å². The first-order chi connectivity index (χ1) is 12.2. The van der Waals surface area contributed by atoms with Gasteiger partial charge in [-0.2, -0.15) is 0 Å². The van der Waals surface area contributed by atoms with Gasteiger partial charge in [-0.05, 0) is 68.4 Å². The van der Waals surface area contributed by atoms with E-state index < -0.39 is 5.41 Å². The Morgan fingerprint density at radius 1 is 1.08 bits per heavy atom. The quantitative estimate of drug-likeness (QED) is 0.848. The number of rotatable bonds is 5. The highest BCUT2D eigenvalue weighted by molar-refractivity contribution is 6.01. The molecule has 2 aliphatic rings. The molecule has 25 heavy (non-hydrogen) atoms. The number of hydrogen-bond donors (Lipinski definition) is 1. The molecule has 0 spiro atoms. The van der Waals surface area contributed by atoms with Crippen LogP contribution >= 0.6 is 0 Å². The van der Waals surface area contributed by atoms with Crippen molar-refractivity contribution in [3.8, 4) is 5.75 Å². The maximum absolute atomic E-state index is 13.1. The summed E-state index contributed by atoms with van der Waals surface area (Å²) in [4.78, 5) is 12.8. The van der Waals surface area contributed by atoms with Gasteiger partial charge < -0.3 is 10.1 Å². The zero-order valence-corrected chi connectivity index (χ0v) is 14.1. The SMILES string of the molecule is O=C(Nc1cccc(OC2CCCC2)c1)C1(c2ccc(F)cc2)CC1. The molecule has 1 N–H and O–H groups in total. The first-order valence-electron chi connectivity index (χ1n) is 9.00. The lowest BCUT2D eigenvalue weighted by Gasteiger charge is -2.17. The number of hydrogen-bond acceptors (Lipinski definition) is 2. The molecule has 1 amide bonds. The third-order valence-electron chi connectivity index (χ3n) is 5.28. The first kappa shape index (κ1) is 16.1. The number of benzene rings is 2. The second-order valence-electron chi connectivity index (χ2n) is 7.10. The summed E-state index contributed by atoms with van der Waals surface area (Å²) < 4.78 is 19.1. The summed E-state index contributed by atoms with van der Waals surface area (Å²) in [5, 5.41) is 3.01. The van der Waals surface area contributed by atoms with E-state index in [4.69, 9.17) is 4.74 Å². The summed E-state index contributed by atoms with van der Waals surface area (Å²) in [6.07, 6.45) is 6.53. The molecule has 0 unspecified atom stereocenters. The predicted octanol–water partition coefficient (Wildman–Crippen LogP) is 4.82. The van der Waals surface area contributed by atoms with E-state index in [0.717, 1.165) is 42.7 Å². The maximum Gasteiger partial charge on any atom is 0.235 e. The van der Waals surface area contributed by atoms with Crippen molar-refractivity contribution < 1.29 is 13.9 Å². The van der Waals surface area contributed by atoms with Crippen LogP contribution in [0.4, 0.5) is 10.1 Å². The molecule has 0 heterocycles. The van der Waals surface area contributed by atoms with Crippen molar-refractivity contribution in [3.05, 3.63) is 59.9 Å². The van der Waals surface area contributed by atoms with E-state index in [1.165, 1.54) is 25.0 Å². The van der Waals surface area contributed by atoms with Gasteiger partial charge >= 0.3 is 0 Å². The molecule has 0 saturated heterocycles. The third-order valence-corrected chi connectivity index (χ3v) is 5.28. The number of anilines is 1. The van der Waals surface area contributed by atoms with Crippen LogP contribution in [0.1, 0.15) is 44.1 Å². The minimum absolute atomic E-state index is 0.0304. The van der Waals surface area contributed by atoms with E-state index in [-0.39, 0.29) is 11.7 Å². The van der Waals surface area contributed by atoms with Gasteiger partial charge in [0.2, 0.25) is 5.91 Å². The fraction of sp³-hybridized carbons (Fsp3) is 0.381. The lowest BCUT2D eigenvalue weighted by atomic mass is 9.95. The zero-order valence-electron chi connectivity index (χ0n) is 14.1. The average molecular weight is 339 g/mol. The largest absolute Gasteiger partial charge is 0.490 e. The van der Waals surface area contributed by atoms with E-state index in [9.17, 15) is 9.18 Å². The van der Waals surface area contributed by atoms with Crippen molar-refractivity contribution in [2.75, 3.05) is 5.32 Å². The lowest BCUT2D eigenvalue weighted by molar-refractivity contribution is -0.118. The first-order valence-corrected chi connectivity index (χ1v) is 9.00. The Labute approximate surface area is 147 Å². The highest BCUT2D eigenvalue weighted by Crippen LogP contribution is 2.49. The summed E-state index contributed by atoms with van der Waals surface area (Å²) >= 11 is 0. The maximum atomic E-state index is 13.1. The van der Waals surface area contributed by atoms with Crippen molar-refractivity contribution in [3.63, 3.8) is 0 Å². The van der Waals surface area contributed by atoms with Crippen LogP contribution in [-0.4, -0.2) is 12.0 Å². The summed E-state index contributed by atoms with van der Waals surface area (Å²) in [5.74, 6) is 0.491.